The first kappa shape index (κ1) is 16.2. The van der Waals surface area contributed by atoms with E-state index in [-0.39, 0.29) is 5.97 Å². The summed E-state index contributed by atoms with van der Waals surface area (Å²) in [6.45, 7) is 14.4. The monoisotopic (exact) mass is 254 g/mol. The lowest BCUT2D eigenvalue weighted by Gasteiger charge is -2.19. The molecular weight excluding hydrogens is 228 g/mol. The van der Waals surface area contributed by atoms with Gasteiger partial charge in [0.15, 0.2) is 0 Å². The number of carbonyl (C=O) groups is 1. The molecule has 98 valence electrons. The van der Waals surface area contributed by atoms with Crippen LogP contribution in [0.1, 0.15) is 48.5 Å². The van der Waals surface area contributed by atoms with Crippen LogP contribution in [0.5, 0.6) is 0 Å². The first-order valence-electron chi connectivity index (χ1n) is 6.30. The standard InChI is InChI=1S/C14H26O2Si/c1-8-11(6)17-16-14(15)12(7)13(9(2)3)10(4)5/h8-10H,17H2,1-7H3. The first-order chi connectivity index (χ1) is 7.81. The van der Waals surface area contributed by atoms with Gasteiger partial charge in [0.25, 0.3) is 9.76 Å². The van der Waals surface area contributed by atoms with Crippen molar-refractivity contribution in [1.29, 1.82) is 0 Å². The third-order valence-corrected chi connectivity index (χ3v) is 4.18. The maximum atomic E-state index is 11.9. The van der Waals surface area contributed by atoms with Gasteiger partial charge in [-0.25, -0.2) is 4.79 Å². The number of hydrogen-bond donors (Lipinski definition) is 0. The van der Waals surface area contributed by atoms with E-state index in [1.807, 2.05) is 26.8 Å². The molecule has 0 aromatic heterocycles. The summed E-state index contributed by atoms with van der Waals surface area (Å²) in [4.78, 5) is 11.9. The van der Waals surface area contributed by atoms with Crippen molar-refractivity contribution < 1.29 is 9.22 Å². The Morgan fingerprint density at radius 1 is 1.12 bits per heavy atom. The van der Waals surface area contributed by atoms with Crippen LogP contribution in [0.2, 0.25) is 0 Å². The summed E-state index contributed by atoms with van der Waals surface area (Å²) in [5.74, 6) is 0.661. The average Bonchev–Trinajstić information content (AvgIpc) is 2.23. The molecule has 17 heavy (non-hydrogen) atoms. The third-order valence-electron chi connectivity index (χ3n) is 2.91. The molecule has 0 bridgehead atoms. The van der Waals surface area contributed by atoms with Crippen molar-refractivity contribution in [3.05, 3.63) is 22.4 Å². The Morgan fingerprint density at radius 2 is 1.59 bits per heavy atom. The Balaban J connectivity index is 4.81. The molecule has 0 spiro atoms. The van der Waals surface area contributed by atoms with Crippen molar-refractivity contribution in [2.45, 2.75) is 48.5 Å². The zero-order valence-corrected chi connectivity index (χ0v) is 13.7. The fraction of sp³-hybridized carbons (Fsp3) is 0.643. The van der Waals surface area contributed by atoms with Crippen LogP contribution in [-0.2, 0) is 9.22 Å². The van der Waals surface area contributed by atoms with Gasteiger partial charge in [-0.2, -0.15) is 0 Å². The number of rotatable bonds is 5. The Bertz CT molecular complexity index is 315. The molecule has 0 aliphatic carbocycles. The Kier molecular flexibility index (Phi) is 7.12. The molecule has 0 aromatic carbocycles. The van der Waals surface area contributed by atoms with E-state index in [9.17, 15) is 4.79 Å². The maximum Gasteiger partial charge on any atom is 0.320 e. The highest BCUT2D eigenvalue weighted by Gasteiger charge is 2.17. The smallest absolute Gasteiger partial charge is 0.320 e. The third kappa shape index (κ3) is 5.35. The molecule has 0 fully saturated rings. The highest BCUT2D eigenvalue weighted by atomic mass is 28.2. The zero-order valence-electron chi connectivity index (χ0n) is 12.3. The summed E-state index contributed by atoms with van der Waals surface area (Å²) >= 11 is 0. The zero-order chi connectivity index (χ0) is 13.6. The minimum atomic E-state index is -0.858. The van der Waals surface area contributed by atoms with E-state index in [1.54, 1.807) is 0 Å². The molecular formula is C14H26O2Si. The summed E-state index contributed by atoms with van der Waals surface area (Å²) in [5, 5.41) is 1.21. The fourth-order valence-electron chi connectivity index (χ4n) is 2.02. The summed E-state index contributed by atoms with van der Waals surface area (Å²) in [6, 6.07) is 0. The molecule has 0 N–H and O–H groups in total. The molecule has 0 aliphatic rings. The van der Waals surface area contributed by atoms with Crippen LogP contribution in [0.3, 0.4) is 0 Å². The van der Waals surface area contributed by atoms with Crippen molar-refractivity contribution in [3.8, 4) is 0 Å². The Morgan fingerprint density at radius 3 is 1.94 bits per heavy atom. The van der Waals surface area contributed by atoms with E-state index < -0.39 is 9.76 Å². The minimum absolute atomic E-state index is 0.129. The van der Waals surface area contributed by atoms with Gasteiger partial charge in [-0.15, -0.1) is 0 Å². The van der Waals surface area contributed by atoms with E-state index in [2.05, 4.69) is 27.7 Å². The summed E-state index contributed by atoms with van der Waals surface area (Å²) in [6.07, 6.45) is 2.02. The number of carbonyl (C=O) groups excluding carboxylic acids is 1. The van der Waals surface area contributed by atoms with Crippen molar-refractivity contribution in [2.75, 3.05) is 0 Å². The van der Waals surface area contributed by atoms with Gasteiger partial charge in [0.2, 0.25) is 0 Å². The SMILES string of the molecule is CC=C(C)[SiH2]OC(=O)C(C)=C(C(C)C)C(C)C. The second-order valence-electron chi connectivity index (χ2n) is 5.10. The number of allylic oxidation sites excluding steroid dienone is 3. The molecule has 0 atom stereocenters. The summed E-state index contributed by atoms with van der Waals surface area (Å²) < 4.78 is 5.41. The van der Waals surface area contributed by atoms with Crippen LogP contribution < -0.4 is 0 Å². The first-order valence-corrected chi connectivity index (χ1v) is 7.59. The predicted molar refractivity (Wildman–Crippen MR) is 76.4 cm³/mol. The molecule has 0 radical (unpaired) electrons. The summed E-state index contributed by atoms with van der Waals surface area (Å²) in [5.41, 5.74) is 2.01. The van der Waals surface area contributed by atoms with Crippen LogP contribution in [-0.4, -0.2) is 15.7 Å². The van der Waals surface area contributed by atoms with Gasteiger partial charge in [-0.1, -0.05) is 44.5 Å². The molecule has 0 rings (SSSR count). The van der Waals surface area contributed by atoms with Crippen molar-refractivity contribution in [2.24, 2.45) is 11.8 Å². The lowest BCUT2D eigenvalue weighted by molar-refractivity contribution is -0.130. The summed E-state index contributed by atoms with van der Waals surface area (Å²) in [7, 11) is -0.858. The van der Waals surface area contributed by atoms with E-state index in [1.165, 1.54) is 10.8 Å². The Labute approximate surface area is 108 Å². The van der Waals surface area contributed by atoms with Crippen LogP contribution >= 0.6 is 0 Å². The second kappa shape index (κ2) is 7.48. The molecule has 3 heteroatoms. The molecule has 0 saturated heterocycles. The van der Waals surface area contributed by atoms with Gasteiger partial charge in [0.05, 0.1) is 0 Å². The average molecular weight is 254 g/mol. The topological polar surface area (TPSA) is 26.3 Å². The van der Waals surface area contributed by atoms with Crippen molar-refractivity contribution in [3.63, 3.8) is 0 Å². The largest absolute Gasteiger partial charge is 0.518 e. The molecule has 0 amide bonds. The lowest BCUT2D eigenvalue weighted by Crippen LogP contribution is -2.16. The molecule has 2 nitrogen and oxygen atoms in total. The molecule has 0 unspecified atom stereocenters. The van der Waals surface area contributed by atoms with Gasteiger partial charge in [-0.3, -0.25) is 0 Å². The van der Waals surface area contributed by atoms with Crippen LogP contribution in [0.25, 0.3) is 0 Å². The van der Waals surface area contributed by atoms with Crippen molar-refractivity contribution >= 4 is 15.7 Å². The second-order valence-corrected chi connectivity index (χ2v) is 6.79. The fourth-order valence-corrected chi connectivity index (χ4v) is 2.76. The normalized spacial score (nSPS) is 12.6. The van der Waals surface area contributed by atoms with E-state index in [0.29, 0.717) is 11.8 Å². The van der Waals surface area contributed by atoms with E-state index in [4.69, 9.17) is 4.43 Å². The minimum Gasteiger partial charge on any atom is -0.518 e. The molecule has 0 aliphatic heterocycles. The lowest BCUT2D eigenvalue weighted by atomic mass is 9.88. The van der Waals surface area contributed by atoms with Crippen LogP contribution in [0, 0.1) is 11.8 Å². The maximum absolute atomic E-state index is 11.9. The molecule has 0 heterocycles. The molecule has 0 saturated carbocycles. The van der Waals surface area contributed by atoms with Gasteiger partial charge >= 0.3 is 5.97 Å². The van der Waals surface area contributed by atoms with Gasteiger partial charge in [0, 0.05) is 5.57 Å². The highest BCUT2D eigenvalue weighted by Crippen LogP contribution is 2.23. The van der Waals surface area contributed by atoms with Crippen LogP contribution in [0.4, 0.5) is 0 Å². The van der Waals surface area contributed by atoms with Crippen LogP contribution in [0.15, 0.2) is 22.4 Å². The van der Waals surface area contributed by atoms with Gasteiger partial charge in [0.1, 0.15) is 0 Å². The van der Waals surface area contributed by atoms with Crippen molar-refractivity contribution in [1.82, 2.24) is 0 Å². The van der Waals surface area contributed by atoms with Gasteiger partial charge < -0.3 is 4.43 Å². The van der Waals surface area contributed by atoms with E-state index >= 15 is 0 Å². The molecule has 0 aromatic rings. The van der Waals surface area contributed by atoms with E-state index in [0.717, 1.165) is 5.57 Å². The number of hydrogen-bond acceptors (Lipinski definition) is 2. The van der Waals surface area contributed by atoms with Gasteiger partial charge in [-0.05, 0) is 32.6 Å². The predicted octanol–water partition coefficient (Wildman–Crippen LogP) is 3.17. The highest BCUT2D eigenvalue weighted by molar-refractivity contribution is 6.40. The quantitative estimate of drug-likeness (QED) is 0.556. The Hall–Kier alpha value is -0.833.